The van der Waals surface area contributed by atoms with Crippen LogP contribution < -0.4 is 5.32 Å². The zero-order valence-electron chi connectivity index (χ0n) is 11.9. The first-order valence-electron chi connectivity index (χ1n) is 6.38. The third-order valence-electron chi connectivity index (χ3n) is 2.95. The van der Waals surface area contributed by atoms with E-state index in [1.165, 1.54) is 32.2 Å². The van der Waals surface area contributed by atoms with Crippen molar-refractivity contribution in [2.24, 2.45) is 0 Å². The van der Waals surface area contributed by atoms with Crippen molar-refractivity contribution in [3.05, 3.63) is 29.3 Å². The maximum atomic E-state index is 11.4. The zero-order chi connectivity index (χ0) is 16.0. The van der Waals surface area contributed by atoms with E-state index >= 15 is 0 Å². The van der Waals surface area contributed by atoms with Gasteiger partial charge in [0.15, 0.2) is 0 Å². The number of hydrogen-bond acceptors (Lipinski definition) is 6. The molecule has 2 atom stereocenters. The summed E-state index contributed by atoms with van der Waals surface area (Å²) in [6, 6.07) is 3.85. The number of methoxy groups -OCH3 is 1. The van der Waals surface area contributed by atoms with Gasteiger partial charge < -0.3 is 25.4 Å². The lowest BCUT2D eigenvalue weighted by Crippen LogP contribution is -2.27. The highest BCUT2D eigenvalue weighted by molar-refractivity contribution is 5.89. The highest BCUT2D eigenvalue weighted by Crippen LogP contribution is 2.28. The molecule has 7 nitrogen and oxygen atoms in total. The van der Waals surface area contributed by atoms with E-state index in [0.29, 0.717) is 0 Å². The predicted molar refractivity (Wildman–Crippen MR) is 73.7 cm³/mol. The van der Waals surface area contributed by atoms with Crippen LogP contribution in [-0.4, -0.2) is 47.0 Å². The molecule has 0 aliphatic rings. The lowest BCUT2D eigenvalue weighted by molar-refractivity contribution is -0.119. The Bertz CT molecular complexity index is 516. The Labute approximate surface area is 122 Å². The third kappa shape index (κ3) is 4.73. The van der Waals surface area contributed by atoms with Crippen molar-refractivity contribution < 1.29 is 29.6 Å². The van der Waals surface area contributed by atoms with Gasteiger partial charge in [-0.2, -0.15) is 0 Å². The minimum atomic E-state index is -1.39. The summed E-state index contributed by atoms with van der Waals surface area (Å²) in [7, 11) is 1.22. The van der Waals surface area contributed by atoms with Crippen LogP contribution in [0.5, 0.6) is 5.75 Å². The molecule has 1 aromatic rings. The van der Waals surface area contributed by atoms with Crippen LogP contribution in [0.3, 0.4) is 0 Å². The van der Waals surface area contributed by atoms with E-state index in [9.17, 15) is 24.9 Å². The molecule has 0 radical (unpaired) electrons. The molecular formula is C14H19NO6. The molecule has 0 fully saturated rings. The number of esters is 1. The van der Waals surface area contributed by atoms with Crippen LogP contribution in [0.15, 0.2) is 18.2 Å². The number of amides is 1. The van der Waals surface area contributed by atoms with Crippen LogP contribution in [0.25, 0.3) is 0 Å². The van der Waals surface area contributed by atoms with E-state index in [-0.39, 0.29) is 35.7 Å². The summed E-state index contributed by atoms with van der Waals surface area (Å²) in [5, 5.41) is 32.1. The van der Waals surface area contributed by atoms with Crippen molar-refractivity contribution in [3.63, 3.8) is 0 Å². The molecule has 4 N–H and O–H groups in total. The molecule has 0 saturated carbocycles. The number of hydrogen-bond donors (Lipinski definition) is 4. The van der Waals surface area contributed by atoms with Crippen molar-refractivity contribution in [1.29, 1.82) is 0 Å². The maximum absolute atomic E-state index is 11.4. The Hall–Kier alpha value is -2.12. The van der Waals surface area contributed by atoms with E-state index in [4.69, 9.17) is 0 Å². The van der Waals surface area contributed by atoms with Crippen LogP contribution in [-0.2, 0) is 9.53 Å². The summed E-state index contributed by atoms with van der Waals surface area (Å²) in [5.74, 6) is -1.10. The normalized spacial score (nSPS) is 13.3. The number of aliphatic hydroxyl groups is 2. The summed E-state index contributed by atoms with van der Waals surface area (Å²) in [4.78, 5) is 22.1. The number of carbonyl (C=O) groups is 2. The second-order valence-electron chi connectivity index (χ2n) is 4.55. The molecule has 21 heavy (non-hydrogen) atoms. The Balaban J connectivity index is 2.82. The van der Waals surface area contributed by atoms with Crippen LogP contribution in [0, 0.1) is 0 Å². The Morgan fingerprint density at radius 3 is 2.57 bits per heavy atom. The van der Waals surface area contributed by atoms with E-state index in [1.54, 1.807) is 0 Å². The summed E-state index contributed by atoms with van der Waals surface area (Å²) < 4.78 is 4.55. The van der Waals surface area contributed by atoms with Gasteiger partial charge in [0.05, 0.1) is 18.8 Å². The summed E-state index contributed by atoms with van der Waals surface area (Å²) in [6.45, 7) is 1.53. The molecule has 0 aliphatic carbocycles. The summed E-state index contributed by atoms with van der Waals surface area (Å²) in [6.07, 6.45) is -2.48. The standard InChI is InChI=1S/C14H19NO6/c1-8(16)15-6-5-12(18)13(19)10-7-9(14(20)21-2)3-4-11(10)17/h3-4,7,12-13,17-19H,5-6H2,1-2H3,(H,15,16). The second kappa shape index (κ2) is 7.61. The molecule has 0 aromatic heterocycles. The number of nitrogens with one attached hydrogen (secondary N) is 1. The maximum Gasteiger partial charge on any atom is 0.337 e. The Morgan fingerprint density at radius 2 is 2.00 bits per heavy atom. The number of phenolic OH excluding ortho intramolecular Hbond substituents is 1. The lowest BCUT2D eigenvalue weighted by atomic mass is 9.99. The smallest absolute Gasteiger partial charge is 0.337 e. The van der Waals surface area contributed by atoms with Crippen molar-refractivity contribution >= 4 is 11.9 Å². The first-order valence-corrected chi connectivity index (χ1v) is 6.38. The minimum Gasteiger partial charge on any atom is -0.508 e. The molecule has 2 unspecified atom stereocenters. The van der Waals surface area contributed by atoms with Gasteiger partial charge in [-0.1, -0.05) is 0 Å². The van der Waals surface area contributed by atoms with Crippen LogP contribution in [0.2, 0.25) is 0 Å². The molecule has 1 amide bonds. The minimum absolute atomic E-state index is 0.0215. The fourth-order valence-corrected chi connectivity index (χ4v) is 1.80. The van der Waals surface area contributed by atoms with Crippen LogP contribution >= 0.6 is 0 Å². The largest absolute Gasteiger partial charge is 0.508 e. The monoisotopic (exact) mass is 297 g/mol. The van der Waals surface area contributed by atoms with Gasteiger partial charge in [-0.15, -0.1) is 0 Å². The average molecular weight is 297 g/mol. The molecule has 0 bridgehead atoms. The lowest BCUT2D eigenvalue weighted by Gasteiger charge is -2.19. The van der Waals surface area contributed by atoms with Gasteiger partial charge in [0.25, 0.3) is 0 Å². The molecule has 0 heterocycles. The highest BCUT2D eigenvalue weighted by atomic mass is 16.5. The number of aromatic hydroxyl groups is 1. The highest BCUT2D eigenvalue weighted by Gasteiger charge is 2.22. The second-order valence-corrected chi connectivity index (χ2v) is 4.55. The first kappa shape index (κ1) is 16.9. The fraction of sp³-hybridized carbons (Fsp3) is 0.429. The van der Waals surface area contributed by atoms with Crippen molar-refractivity contribution in [2.45, 2.75) is 25.6 Å². The van der Waals surface area contributed by atoms with Crippen LogP contribution in [0.4, 0.5) is 0 Å². The van der Waals surface area contributed by atoms with Crippen molar-refractivity contribution in [1.82, 2.24) is 5.32 Å². The van der Waals surface area contributed by atoms with Gasteiger partial charge >= 0.3 is 5.97 Å². The molecule has 1 aromatic carbocycles. The molecule has 1 rings (SSSR count). The van der Waals surface area contributed by atoms with Gasteiger partial charge in [-0.25, -0.2) is 4.79 Å². The fourth-order valence-electron chi connectivity index (χ4n) is 1.80. The summed E-state index contributed by atoms with van der Waals surface area (Å²) >= 11 is 0. The molecular weight excluding hydrogens is 278 g/mol. The SMILES string of the molecule is COC(=O)c1ccc(O)c(C(O)C(O)CCNC(C)=O)c1. The quantitative estimate of drug-likeness (QED) is 0.553. The number of ether oxygens (including phenoxy) is 1. The van der Waals surface area contributed by atoms with E-state index < -0.39 is 18.2 Å². The van der Waals surface area contributed by atoms with Gasteiger partial charge in [-0.05, 0) is 24.6 Å². The number of benzene rings is 1. The Kier molecular flexibility index (Phi) is 6.13. The van der Waals surface area contributed by atoms with Crippen molar-refractivity contribution in [2.75, 3.05) is 13.7 Å². The third-order valence-corrected chi connectivity index (χ3v) is 2.95. The zero-order valence-corrected chi connectivity index (χ0v) is 11.9. The predicted octanol–water partition coefficient (Wildman–Crippen LogP) is 0.0993. The Morgan fingerprint density at radius 1 is 1.33 bits per heavy atom. The number of aliphatic hydroxyl groups excluding tert-OH is 2. The van der Waals surface area contributed by atoms with E-state index in [1.807, 2.05) is 0 Å². The molecule has 7 heteroatoms. The van der Waals surface area contributed by atoms with Gasteiger partial charge in [0.2, 0.25) is 5.91 Å². The van der Waals surface area contributed by atoms with Crippen molar-refractivity contribution in [3.8, 4) is 5.75 Å². The molecule has 0 spiro atoms. The summed E-state index contributed by atoms with van der Waals surface area (Å²) in [5.41, 5.74) is 0.173. The molecule has 0 aliphatic heterocycles. The molecule has 0 saturated heterocycles. The van der Waals surface area contributed by atoms with Crippen LogP contribution in [0.1, 0.15) is 35.4 Å². The van der Waals surface area contributed by atoms with Gasteiger partial charge in [0, 0.05) is 19.0 Å². The van der Waals surface area contributed by atoms with Gasteiger partial charge in [-0.3, -0.25) is 4.79 Å². The first-order chi connectivity index (χ1) is 9.86. The number of carbonyl (C=O) groups excluding carboxylic acids is 2. The topological polar surface area (TPSA) is 116 Å². The number of phenols is 1. The number of rotatable bonds is 6. The molecule has 116 valence electrons. The van der Waals surface area contributed by atoms with E-state index in [0.717, 1.165) is 0 Å². The van der Waals surface area contributed by atoms with E-state index in [2.05, 4.69) is 10.1 Å². The van der Waals surface area contributed by atoms with Gasteiger partial charge in [0.1, 0.15) is 11.9 Å². The average Bonchev–Trinajstić information content (AvgIpc) is 2.45.